The molecule has 0 aliphatic heterocycles. The third-order valence-corrected chi connectivity index (χ3v) is 7.72. The Hall–Kier alpha value is 0.920. The van der Waals surface area contributed by atoms with Crippen LogP contribution in [0.4, 0.5) is 0 Å². The summed E-state index contributed by atoms with van der Waals surface area (Å²) in [6, 6.07) is 9.76. The first kappa shape index (κ1) is 36.8. The number of nitrogens with one attached hydrogen (secondary N) is 1. The smallest absolute Gasteiger partial charge is 1.00 e. The molecule has 1 aromatic rings. The number of benzene rings is 1. The maximum atomic E-state index is 6.94. The molecule has 1 nitrogen and oxygen atoms in total. The van der Waals surface area contributed by atoms with E-state index in [-0.39, 0.29) is 75.8 Å². The average Bonchev–Trinajstić information content (AvgIpc) is 2.65. The molecule has 0 fully saturated rings. The number of hydrogen-bond acceptors (Lipinski definition) is 0. The van der Waals surface area contributed by atoms with Crippen molar-refractivity contribution in [2.75, 3.05) is 0 Å². The van der Waals surface area contributed by atoms with E-state index in [4.69, 9.17) is 5.73 Å². The van der Waals surface area contributed by atoms with E-state index in [1.54, 1.807) is 5.57 Å². The summed E-state index contributed by atoms with van der Waals surface area (Å²) in [5, 5.41) is 0.453. The van der Waals surface area contributed by atoms with Crippen molar-refractivity contribution in [2.24, 2.45) is 0 Å². The van der Waals surface area contributed by atoms with Gasteiger partial charge in [-0.05, 0) is 31.4 Å². The van der Waals surface area contributed by atoms with Gasteiger partial charge in [0.1, 0.15) is 0 Å². The first-order valence-electron chi connectivity index (χ1n) is 7.39. The summed E-state index contributed by atoms with van der Waals surface area (Å²) in [5.74, 6) is 0. The molecule has 2 rings (SSSR count). The van der Waals surface area contributed by atoms with Crippen LogP contribution in [0.2, 0.25) is 18.1 Å². The fraction of sp³-hybridized carbons (Fsp3) is 0.444. The molecule has 1 aliphatic carbocycles. The van der Waals surface area contributed by atoms with Gasteiger partial charge in [-0.15, -0.1) is 19.0 Å². The van der Waals surface area contributed by atoms with Crippen LogP contribution in [0.5, 0.6) is 0 Å². The van der Waals surface area contributed by atoms with Crippen molar-refractivity contribution in [3.05, 3.63) is 64.4 Å². The molecule has 1 aromatic carbocycles. The van der Waals surface area contributed by atoms with Crippen molar-refractivity contribution in [2.45, 2.75) is 52.4 Å². The van der Waals surface area contributed by atoms with E-state index in [0.717, 1.165) is 5.56 Å². The van der Waals surface area contributed by atoms with Crippen molar-refractivity contribution >= 4 is 21.2 Å². The topological polar surface area (TPSA) is 23.8 Å². The van der Waals surface area contributed by atoms with Gasteiger partial charge in [-0.25, -0.2) is 0 Å². The molecule has 1 atom stereocenters. The van der Waals surface area contributed by atoms with Gasteiger partial charge in [-0.1, -0.05) is 73.1 Å². The zero-order valence-electron chi connectivity index (χ0n) is 15.8. The molecule has 7 heteroatoms. The fourth-order valence-corrected chi connectivity index (χ4v) is 4.23. The quantitative estimate of drug-likeness (QED) is 0.377. The molecule has 0 saturated carbocycles. The zero-order valence-corrected chi connectivity index (χ0v) is 22.5. The summed E-state index contributed by atoms with van der Waals surface area (Å²) < 4.78 is 0. The Kier molecular flexibility index (Phi) is 25.1. The third-order valence-electron chi connectivity index (χ3n) is 4.72. The summed E-state index contributed by atoms with van der Waals surface area (Å²) >= 11 is 0. The van der Waals surface area contributed by atoms with E-state index in [1.165, 1.54) is 11.1 Å². The second kappa shape index (κ2) is 17.0. The first-order valence-corrected chi connectivity index (χ1v) is 10.3. The van der Waals surface area contributed by atoms with Crippen LogP contribution in [0.25, 0.3) is 5.73 Å². The normalized spacial score (nSPS) is 17.4. The minimum absolute atomic E-state index is 0. The molecule has 1 aliphatic rings. The van der Waals surface area contributed by atoms with Crippen LogP contribution < -0.4 is 37.2 Å². The molecule has 0 radical (unpaired) electrons. The van der Waals surface area contributed by atoms with Gasteiger partial charge in [0, 0.05) is 8.80 Å². The second-order valence-electron chi connectivity index (χ2n) is 6.18. The molecule has 142 valence electrons. The summed E-state index contributed by atoms with van der Waals surface area (Å²) in [5.41, 5.74) is 12.7. The monoisotopic (exact) mass is 517 g/mol. The van der Waals surface area contributed by atoms with Crippen LogP contribution in [-0.4, -0.2) is 8.80 Å². The van der Waals surface area contributed by atoms with Gasteiger partial charge in [0.25, 0.3) is 0 Å². The Morgan fingerprint density at radius 1 is 0.960 bits per heavy atom. The van der Waals surface area contributed by atoms with Crippen molar-refractivity contribution in [3.8, 4) is 0 Å². The molecule has 1 unspecified atom stereocenters. The van der Waals surface area contributed by atoms with E-state index < -0.39 is 8.80 Å². The van der Waals surface area contributed by atoms with Crippen LogP contribution >= 0.6 is 12.4 Å². The minimum atomic E-state index is -0.607. The van der Waals surface area contributed by atoms with Crippen LogP contribution in [0.1, 0.15) is 33.3 Å². The van der Waals surface area contributed by atoms with Crippen molar-refractivity contribution in [3.63, 3.8) is 0 Å². The first-order chi connectivity index (χ1) is 9.32. The van der Waals surface area contributed by atoms with Gasteiger partial charge in [0.15, 0.2) is 0 Å². The predicted molar refractivity (Wildman–Crippen MR) is 101 cm³/mol. The number of allylic oxidation sites excluding steroid dienone is 4. The summed E-state index contributed by atoms with van der Waals surface area (Å²) in [6.45, 7) is 14.5. The molecule has 0 aromatic heterocycles. The maximum Gasteiger partial charge on any atom is 4.00 e. The Morgan fingerprint density at radius 2 is 1.40 bits per heavy atom. The van der Waals surface area contributed by atoms with Gasteiger partial charge >= 0.3 is 26.2 Å². The number of hydrogen-bond donors (Lipinski definition) is 0. The molecule has 25 heavy (non-hydrogen) atoms. The van der Waals surface area contributed by atoms with E-state index in [1.807, 2.05) is 30.3 Å². The summed E-state index contributed by atoms with van der Waals surface area (Å²) in [6.07, 6.45) is 2.48. The standard InChI is InChI=1S/C11H20Si.C7H8N.4ClH.Zr/c1-8-7-11(4,12(5)6)10(3)9(8)2;8-6-7-4-2-1-3-5-7;;;;;/h7,12H,1-6H3;1-5,8H,6H2;4*1H;/q;-1;;;;;+4/p-3. The fourth-order valence-electron chi connectivity index (χ4n) is 2.56. The van der Waals surface area contributed by atoms with Gasteiger partial charge in [0.2, 0.25) is 0 Å². The van der Waals surface area contributed by atoms with E-state index in [2.05, 4.69) is 46.9 Å². The van der Waals surface area contributed by atoms with E-state index >= 15 is 0 Å². The Balaban J connectivity index is -0.0000000929. The zero-order chi connectivity index (χ0) is 15.3. The SMILES string of the molecule is CC1=CC(C)([SiH](C)C)C(C)=C1C.Cl.[Cl-].[Cl-].[Cl-].[NH-]Cc1ccccc1.[Zr+4]. The van der Waals surface area contributed by atoms with Crippen LogP contribution in [0, 0.1) is 0 Å². The summed E-state index contributed by atoms with van der Waals surface area (Å²) in [4.78, 5) is 0. The number of halogens is 4. The average molecular weight is 521 g/mol. The Bertz CT molecular complexity index is 521. The van der Waals surface area contributed by atoms with Crippen molar-refractivity contribution < 1.29 is 63.4 Å². The third kappa shape index (κ3) is 10.1. The Labute approximate surface area is 200 Å². The number of rotatable bonds is 2. The molecule has 0 saturated heterocycles. The van der Waals surface area contributed by atoms with Crippen molar-refractivity contribution in [1.29, 1.82) is 0 Å². The molecular formula is C18H29Cl4NSiZr. The molecule has 1 N–H and O–H groups in total. The van der Waals surface area contributed by atoms with E-state index in [9.17, 15) is 0 Å². The summed E-state index contributed by atoms with van der Waals surface area (Å²) in [7, 11) is -0.607. The van der Waals surface area contributed by atoms with Gasteiger partial charge in [-0.2, -0.15) is 0 Å². The van der Waals surface area contributed by atoms with Crippen molar-refractivity contribution in [1.82, 2.24) is 0 Å². The largest absolute Gasteiger partial charge is 4.00 e. The minimum Gasteiger partial charge on any atom is -1.00 e. The van der Waals surface area contributed by atoms with E-state index in [0.29, 0.717) is 11.6 Å². The predicted octanol–water partition coefficient (Wildman–Crippen LogP) is -2.80. The molecule has 0 heterocycles. The molecule has 0 amide bonds. The Morgan fingerprint density at radius 3 is 1.60 bits per heavy atom. The van der Waals surface area contributed by atoms with Crippen LogP contribution in [0.3, 0.4) is 0 Å². The van der Waals surface area contributed by atoms with Gasteiger partial charge < -0.3 is 43.0 Å². The van der Waals surface area contributed by atoms with Crippen LogP contribution in [0.15, 0.2) is 53.1 Å². The maximum absolute atomic E-state index is 6.94. The molecular weight excluding hydrogens is 491 g/mol. The van der Waals surface area contributed by atoms with Gasteiger partial charge in [0.05, 0.1) is 0 Å². The second-order valence-corrected chi connectivity index (χ2v) is 9.69. The van der Waals surface area contributed by atoms with Crippen LogP contribution in [-0.2, 0) is 32.7 Å². The molecule has 0 spiro atoms. The van der Waals surface area contributed by atoms with Gasteiger partial charge in [-0.3, -0.25) is 0 Å². The molecule has 0 bridgehead atoms.